The van der Waals surface area contributed by atoms with Crippen LogP contribution in [0.4, 0.5) is 4.39 Å². The van der Waals surface area contributed by atoms with Gasteiger partial charge < -0.3 is 5.11 Å². The van der Waals surface area contributed by atoms with Gasteiger partial charge in [0.2, 0.25) is 0 Å². The summed E-state index contributed by atoms with van der Waals surface area (Å²) in [5, 5.41) is 15.1. The zero-order valence-electron chi connectivity index (χ0n) is 8.27. The van der Waals surface area contributed by atoms with E-state index in [0.29, 0.717) is 17.7 Å². The Balaban J connectivity index is 2.27. The number of halogens is 1. The van der Waals surface area contributed by atoms with E-state index in [9.17, 15) is 9.18 Å². The highest BCUT2D eigenvalue weighted by Crippen LogP contribution is 2.12. The van der Waals surface area contributed by atoms with Crippen LogP contribution in [-0.4, -0.2) is 21.3 Å². The topological polar surface area (TPSA) is 66.0 Å². The molecule has 0 radical (unpaired) electrons. The summed E-state index contributed by atoms with van der Waals surface area (Å²) < 4.78 is 12.9. The first-order chi connectivity index (χ1) is 7.66. The zero-order chi connectivity index (χ0) is 11.5. The highest BCUT2D eigenvalue weighted by atomic mass is 19.1. The van der Waals surface area contributed by atoms with Gasteiger partial charge in [0.05, 0.1) is 11.9 Å². The fraction of sp³-hybridized carbons (Fsp3) is 0.0909. The molecule has 0 aliphatic heterocycles. The molecule has 2 N–H and O–H groups in total. The van der Waals surface area contributed by atoms with Crippen LogP contribution in [0.3, 0.4) is 0 Å². The van der Waals surface area contributed by atoms with Crippen LogP contribution < -0.4 is 0 Å². The summed E-state index contributed by atoms with van der Waals surface area (Å²) in [6, 6.07) is 6.03. The van der Waals surface area contributed by atoms with Gasteiger partial charge in [-0.1, -0.05) is 12.1 Å². The molecule has 0 saturated carbocycles. The number of carbonyl (C=O) groups is 1. The van der Waals surface area contributed by atoms with E-state index in [1.165, 1.54) is 18.3 Å². The SMILES string of the molecule is O=C(O)c1cn[nH]c1Cc1cccc(F)c1. The minimum Gasteiger partial charge on any atom is -0.478 e. The summed E-state index contributed by atoms with van der Waals surface area (Å²) in [5.41, 5.74) is 1.29. The average molecular weight is 220 g/mol. The second-order valence-electron chi connectivity index (χ2n) is 3.37. The lowest BCUT2D eigenvalue weighted by Crippen LogP contribution is -2.01. The van der Waals surface area contributed by atoms with Crippen LogP contribution in [0, 0.1) is 5.82 Å². The van der Waals surface area contributed by atoms with Gasteiger partial charge in [0, 0.05) is 6.42 Å². The van der Waals surface area contributed by atoms with Crippen molar-refractivity contribution in [1.82, 2.24) is 10.2 Å². The molecule has 0 amide bonds. The minimum atomic E-state index is -1.04. The molecule has 2 rings (SSSR count). The van der Waals surface area contributed by atoms with Crippen LogP contribution >= 0.6 is 0 Å². The van der Waals surface area contributed by atoms with E-state index in [-0.39, 0.29) is 11.4 Å². The number of nitrogens with zero attached hydrogens (tertiary/aromatic N) is 1. The standard InChI is InChI=1S/C11H9FN2O2/c12-8-3-1-2-7(4-8)5-10-9(11(15)16)6-13-14-10/h1-4,6H,5H2,(H,13,14)(H,15,16). The second-order valence-corrected chi connectivity index (χ2v) is 3.37. The summed E-state index contributed by atoms with van der Waals surface area (Å²) in [7, 11) is 0. The number of rotatable bonds is 3. The highest BCUT2D eigenvalue weighted by Gasteiger charge is 2.12. The summed E-state index contributed by atoms with van der Waals surface area (Å²) >= 11 is 0. The molecule has 0 aliphatic carbocycles. The lowest BCUT2D eigenvalue weighted by atomic mass is 10.1. The zero-order valence-corrected chi connectivity index (χ0v) is 8.27. The first-order valence-corrected chi connectivity index (χ1v) is 4.67. The monoisotopic (exact) mass is 220 g/mol. The Hall–Kier alpha value is -2.17. The number of aromatic amines is 1. The van der Waals surface area contributed by atoms with Crippen LogP contribution in [0.25, 0.3) is 0 Å². The number of hydrogen-bond donors (Lipinski definition) is 2. The molecule has 5 heteroatoms. The van der Waals surface area contributed by atoms with Crippen molar-refractivity contribution in [3.8, 4) is 0 Å². The van der Waals surface area contributed by atoms with Crippen molar-refractivity contribution >= 4 is 5.97 Å². The van der Waals surface area contributed by atoms with Crippen LogP contribution in [0.5, 0.6) is 0 Å². The summed E-state index contributed by atoms with van der Waals surface area (Å²) in [4.78, 5) is 10.8. The predicted octanol–water partition coefficient (Wildman–Crippen LogP) is 1.84. The van der Waals surface area contributed by atoms with Gasteiger partial charge in [0.15, 0.2) is 0 Å². The maximum atomic E-state index is 12.9. The van der Waals surface area contributed by atoms with Crippen molar-refractivity contribution in [2.75, 3.05) is 0 Å². The van der Waals surface area contributed by atoms with Crippen molar-refractivity contribution in [3.05, 3.63) is 53.1 Å². The number of carboxylic acids is 1. The Bertz CT molecular complexity index is 522. The lowest BCUT2D eigenvalue weighted by Gasteiger charge is -2.00. The molecule has 0 bridgehead atoms. The van der Waals surface area contributed by atoms with Gasteiger partial charge in [-0.25, -0.2) is 9.18 Å². The molecule has 2 aromatic rings. The molecule has 1 heterocycles. The third-order valence-corrected chi connectivity index (χ3v) is 2.22. The van der Waals surface area contributed by atoms with Crippen LogP contribution in [-0.2, 0) is 6.42 Å². The molecule has 0 unspecified atom stereocenters. The Morgan fingerprint density at radius 3 is 3.00 bits per heavy atom. The lowest BCUT2D eigenvalue weighted by molar-refractivity contribution is 0.0696. The van der Waals surface area contributed by atoms with Crippen LogP contribution in [0.2, 0.25) is 0 Å². The van der Waals surface area contributed by atoms with Gasteiger partial charge in [0.1, 0.15) is 11.4 Å². The van der Waals surface area contributed by atoms with Gasteiger partial charge >= 0.3 is 5.97 Å². The molecule has 0 spiro atoms. The molecule has 0 saturated heterocycles. The number of H-pyrrole nitrogens is 1. The summed E-state index contributed by atoms with van der Waals surface area (Å²) in [6.07, 6.45) is 1.57. The Kier molecular flexibility index (Phi) is 2.68. The molecular weight excluding hydrogens is 211 g/mol. The Morgan fingerprint density at radius 1 is 1.50 bits per heavy atom. The third kappa shape index (κ3) is 2.08. The number of benzene rings is 1. The van der Waals surface area contributed by atoms with Gasteiger partial charge in [-0.3, -0.25) is 5.10 Å². The van der Waals surface area contributed by atoms with E-state index in [2.05, 4.69) is 10.2 Å². The predicted molar refractivity (Wildman–Crippen MR) is 54.8 cm³/mol. The molecule has 82 valence electrons. The number of hydrogen-bond acceptors (Lipinski definition) is 2. The molecule has 1 aromatic carbocycles. The van der Waals surface area contributed by atoms with E-state index in [1.807, 2.05) is 0 Å². The largest absolute Gasteiger partial charge is 0.478 e. The molecule has 16 heavy (non-hydrogen) atoms. The fourth-order valence-electron chi connectivity index (χ4n) is 1.48. The maximum absolute atomic E-state index is 12.9. The minimum absolute atomic E-state index is 0.115. The van der Waals surface area contributed by atoms with Crippen molar-refractivity contribution in [1.29, 1.82) is 0 Å². The molecule has 0 fully saturated rings. The fourth-order valence-corrected chi connectivity index (χ4v) is 1.48. The molecule has 4 nitrogen and oxygen atoms in total. The van der Waals surface area contributed by atoms with E-state index < -0.39 is 5.97 Å². The summed E-state index contributed by atoms with van der Waals surface area (Å²) in [5.74, 6) is -1.38. The molecule has 0 aliphatic rings. The van der Waals surface area contributed by atoms with Crippen molar-refractivity contribution in [3.63, 3.8) is 0 Å². The first kappa shape index (κ1) is 10.4. The van der Waals surface area contributed by atoms with Gasteiger partial charge in [-0.15, -0.1) is 0 Å². The number of nitrogens with one attached hydrogen (secondary N) is 1. The van der Waals surface area contributed by atoms with Crippen LogP contribution in [0.1, 0.15) is 21.6 Å². The van der Waals surface area contributed by atoms with E-state index in [1.54, 1.807) is 12.1 Å². The van der Waals surface area contributed by atoms with E-state index >= 15 is 0 Å². The highest BCUT2D eigenvalue weighted by molar-refractivity contribution is 5.88. The second kappa shape index (κ2) is 4.14. The number of aromatic nitrogens is 2. The number of carboxylic acid groups (broad SMARTS) is 1. The average Bonchev–Trinajstić information content (AvgIpc) is 2.66. The third-order valence-electron chi connectivity index (χ3n) is 2.22. The van der Waals surface area contributed by atoms with Gasteiger partial charge in [-0.05, 0) is 17.7 Å². The van der Waals surface area contributed by atoms with Crippen molar-refractivity contribution in [2.45, 2.75) is 6.42 Å². The maximum Gasteiger partial charge on any atom is 0.339 e. The quantitative estimate of drug-likeness (QED) is 0.829. The van der Waals surface area contributed by atoms with Gasteiger partial charge in [0.25, 0.3) is 0 Å². The Morgan fingerprint density at radius 2 is 2.31 bits per heavy atom. The van der Waals surface area contributed by atoms with E-state index in [4.69, 9.17) is 5.11 Å². The normalized spacial score (nSPS) is 10.3. The molecular formula is C11H9FN2O2. The molecule has 0 atom stereocenters. The van der Waals surface area contributed by atoms with E-state index in [0.717, 1.165) is 0 Å². The van der Waals surface area contributed by atoms with Crippen molar-refractivity contribution in [2.24, 2.45) is 0 Å². The first-order valence-electron chi connectivity index (χ1n) is 4.67. The van der Waals surface area contributed by atoms with Gasteiger partial charge in [-0.2, -0.15) is 5.10 Å². The van der Waals surface area contributed by atoms with Crippen molar-refractivity contribution < 1.29 is 14.3 Å². The van der Waals surface area contributed by atoms with Crippen LogP contribution in [0.15, 0.2) is 30.5 Å². The summed E-state index contributed by atoms with van der Waals surface area (Å²) in [6.45, 7) is 0. The smallest absolute Gasteiger partial charge is 0.339 e. The Labute approximate surface area is 90.7 Å². The number of aromatic carboxylic acids is 1. The molecule has 1 aromatic heterocycles.